The standard InChI is InChI=1S/C28H42N6O2S/c1-17(2)27-32-31-18(3)34(27)22-15-20-9-10-21(16-22)33(20)14-13-23(24-11-12-25(37-24)26(29)35)30-28(36)19-7-5-4-6-8-19/h11-12,17,19-23H,4-10,13-16H2,1-3H3,(H2,29,35)(H,30,36)/t20?,21?,22?,23-/m0/s1. The first-order valence-corrected chi connectivity index (χ1v) is 15.0. The lowest BCUT2D eigenvalue weighted by Gasteiger charge is -2.40. The van der Waals surface area contributed by atoms with Gasteiger partial charge in [0, 0.05) is 41.4 Å². The molecule has 2 saturated heterocycles. The second-order valence-corrected chi connectivity index (χ2v) is 12.7. The van der Waals surface area contributed by atoms with Gasteiger partial charge in [-0.2, -0.15) is 0 Å². The Balaban J connectivity index is 1.27. The van der Waals surface area contributed by atoms with Crippen LogP contribution in [0.2, 0.25) is 0 Å². The van der Waals surface area contributed by atoms with Gasteiger partial charge in [0.15, 0.2) is 0 Å². The highest BCUT2D eigenvalue weighted by molar-refractivity contribution is 7.14. The number of piperidine rings is 1. The van der Waals surface area contributed by atoms with Crippen LogP contribution in [0.1, 0.15) is 122 Å². The highest BCUT2D eigenvalue weighted by Gasteiger charge is 2.42. The van der Waals surface area contributed by atoms with Gasteiger partial charge >= 0.3 is 0 Å². The average Bonchev–Trinajstić information content (AvgIpc) is 3.58. The number of thiophene rings is 1. The van der Waals surface area contributed by atoms with Crippen LogP contribution in [-0.4, -0.2) is 50.1 Å². The minimum Gasteiger partial charge on any atom is -0.365 e. The van der Waals surface area contributed by atoms with Crippen LogP contribution in [0, 0.1) is 12.8 Å². The van der Waals surface area contributed by atoms with Crippen LogP contribution >= 0.6 is 11.3 Å². The molecule has 1 saturated carbocycles. The summed E-state index contributed by atoms with van der Waals surface area (Å²) in [6.07, 6.45) is 11.0. The molecule has 2 bridgehead atoms. The molecular formula is C28H42N6O2S. The van der Waals surface area contributed by atoms with Crippen LogP contribution in [0.4, 0.5) is 0 Å². The Kier molecular flexibility index (Phi) is 8.00. The number of primary amides is 1. The van der Waals surface area contributed by atoms with Crippen molar-refractivity contribution in [1.29, 1.82) is 0 Å². The van der Waals surface area contributed by atoms with Crippen molar-refractivity contribution in [2.75, 3.05) is 6.54 Å². The van der Waals surface area contributed by atoms with E-state index in [-0.39, 0.29) is 17.9 Å². The zero-order chi connectivity index (χ0) is 26.1. The van der Waals surface area contributed by atoms with E-state index in [1.807, 2.05) is 6.07 Å². The van der Waals surface area contributed by atoms with Crippen molar-refractivity contribution in [3.05, 3.63) is 33.5 Å². The minimum atomic E-state index is -0.404. The maximum Gasteiger partial charge on any atom is 0.258 e. The van der Waals surface area contributed by atoms with E-state index in [4.69, 9.17) is 5.73 Å². The fourth-order valence-electron chi connectivity index (χ4n) is 6.94. The van der Waals surface area contributed by atoms with Gasteiger partial charge in [0.25, 0.3) is 5.91 Å². The molecule has 37 heavy (non-hydrogen) atoms. The Hall–Kier alpha value is -2.26. The number of carbonyl (C=O) groups is 2. The maximum absolute atomic E-state index is 13.2. The van der Waals surface area contributed by atoms with E-state index in [0.29, 0.717) is 28.9 Å². The summed E-state index contributed by atoms with van der Waals surface area (Å²) in [5, 5.41) is 12.3. The topological polar surface area (TPSA) is 106 Å². The highest BCUT2D eigenvalue weighted by atomic mass is 32.1. The van der Waals surface area contributed by atoms with Crippen molar-refractivity contribution in [1.82, 2.24) is 25.0 Å². The van der Waals surface area contributed by atoms with Crippen LogP contribution in [0.5, 0.6) is 0 Å². The normalized spacial score (nSPS) is 25.5. The molecule has 8 nitrogen and oxygen atoms in total. The molecule has 2 aromatic heterocycles. The molecule has 2 unspecified atom stereocenters. The molecule has 202 valence electrons. The number of hydrogen-bond donors (Lipinski definition) is 2. The fourth-order valence-corrected chi connectivity index (χ4v) is 7.89. The zero-order valence-corrected chi connectivity index (χ0v) is 23.3. The van der Waals surface area contributed by atoms with Crippen LogP contribution in [0.15, 0.2) is 12.1 Å². The summed E-state index contributed by atoms with van der Waals surface area (Å²) < 4.78 is 2.40. The first-order chi connectivity index (χ1) is 17.8. The van der Waals surface area contributed by atoms with Crippen LogP contribution in [0.25, 0.3) is 0 Å². The number of rotatable bonds is 9. The van der Waals surface area contributed by atoms with Crippen molar-refractivity contribution >= 4 is 23.2 Å². The summed E-state index contributed by atoms with van der Waals surface area (Å²) in [7, 11) is 0. The lowest BCUT2D eigenvalue weighted by atomic mass is 9.88. The van der Waals surface area contributed by atoms with Gasteiger partial charge in [-0.05, 0) is 64.0 Å². The Bertz CT molecular complexity index is 1090. The van der Waals surface area contributed by atoms with Crippen LogP contribution in [0.3, 0.4) is 0 Å². The van der Waals surface area contributed by atoms with Gasteiger partial charge in [-0.3, -0.25) is 14.5 Å². The van der Waals surface area contributed by atoms with Gasteiger partial charge in [0.05, 0.1) is 10.9 Å². The molecule has 2 amide bonds. The molecule has 3 atom stereocenters. The maximum atomic E-state index is 13.2. The predicted octanol–water partition coefficient (Wildman–Crippen LogP) is 4.87. The number of hydrogen-bond acceptors (Lipinski definition) is 6. The first-order valence-electron chi connectivity index (χ1n) is 14.2. The van der Waals surface area contributed by atoms with Crippen molar-refractivity contribution < 1.29 is 9.59 Å². The third-order valence-corrected chi connectivity index (χ3v) is 10.0. The molecule has 0 spiro atoms. The molecule has 2 aliphatic heterocycles. The second kappa shape index (κ2) is 11.2. The quantitative estimate of drug-likeness (QED) is 0.485. The van der Waals surface area contributed by atoms with Gasteiger partial charge in [-0.15, -0.1) is 21.5 Å². The third-order valence-electron chi connectivity index (χ3n) is 8.82. The summed E-state index contributed by atoms with van der Waals surface area (Å²) in [6.45, 7) is 7.41. The van der Waals surface area contributed by atoms with Gasteiger partial charge in [0.1, 0.15) is 11.6 Å². The summed E-state index contributed by atoms with van der Waals surface area (Å²) >= 11 is 1.42. The van der Waals surface area contributed by atoms with Gasteiger partial charge in [0.2, 0.25) is 5.91 Å². The molecule has 4 heterocycles. The number of amides is 2. The van der Waals surface area contributed by atoms with Crippen LogP contribution < -0.4 is 11.1 Å². The third kappa shape index (κ3) is 5.62. The summed E-state index contributed by atoms with van der Waals surface area (Å²) in [5.74, 6) is 2.37. The first kappa shape index (κ1) is 26.4. The number of nitrogens with zero attached hydrogens (tertiary/aromatic N) is 4. The number of aryl methyl sites for hydroxylation is 1. The summed E-state index contributed by atoms with van der Waals surface area (Å²) in [5.41, 5.74) is 5.54. The zero-order valence-electron chi connectivity index (χ0n) is 22.5. The Morgan fingerprint density at radius 2 is 1.76 bits per heavy atom. The van der Waals surface area contributed by atoms with Crippen LogP contribution in [-0.2, 0) is 4.79 Å². The van der Waals surface area contributed by atoms with Gasteiger partial charge < -0.3 is 15.6 Å². The van der Waals surface area contributed by atoms with Gasteiger partial charge in [-0.25, -0.2) is 0 Å². The molecule has 1 aliphatic carbocycles. The largest absolute Gasteiger partial charge is 0.365 e. The van der Waals surface area contributed by atoms with Crippen molar-refractivity contribution in [2.45, 2.75) is 115 Å². The molecule has 0 radical (unpaired) electrons. The van der Waals surface area contributed by atoms with E-state index in [1.54, 1.807) is 6.07 Å². The van der Waals surface area contributed by atoms with Gasteiger partial charge in [-0.1, -0.05) is 33.1 Å². The Morgan fingerprint density at radius 1 is 1.05 bits per heavy atom. The smallest absolute Gasteiger partial charge is 0.258 e. The van der Waals surface area contributed by atoms with E-state index in [2.05, 4.69) is 45.8 Å². The number of carbonyl (C=O) groups excluding carboxylic acids is 2. The second-order valence-electron chi connectivity index (χ2n) is 11.6. The Morgan fingerprint density at radius 3 is 2.38 bits per heavy atom. The van der Waals surface area contributed by atoms with E-state index in [0.717, 1.165) is 68.0 Å². The van der Waals surface area contributed by atoms with E-state index < -0.39 is 5.91 Å². The highest BCUT2D eigenvalue weighted by Crippen LogP contribution is 2.42. The van der Waals surface area contributed by atoms with Crippen molar-refractivity contribution in [3.63, 3.8) is 0 Å². The SMILES string of the molecule is Cc1nnc(C(C)C)n1C1CC2CCC(C1)N2CC[C@H](NC(=O)C1CCCCC1)c1ccc(C(N)=O)s1. The monoisotopic (exact) mass is 526 g/mol. The lowest BCUT2D eigenvalue weighted by Crippen LogP contribution is -2.45. The predicted molar refractivity (Wildman–Crippen MR) is 146 cm³/mol. The fraction of sp³-hybridized carbons (Fsp3) is 0.714. The van der Waals surface area contributed by atoms with E-state index in [1.165, 1.54) is 30.6 Å². The molecule has 3 fully saturated rings. The molecular weight excluding hydrogens is 484 g/mol. The minimum absolute atomic E-state index is 0.0858. The average molecular weight is 527 g/mol. The number of aromatic nitrogens is 3. The van der Waals surface area contributed by atoms with Crippen molar-refractivity contribution in [3.8, 4) is 0 Å². The molecule has 0 aromatic carbocycles. The molecule has 5 rings (SSSR count). The molecule has 3 N–H and O–H groups in total. The molecule has 3 aliphatic rings. The van der Waals surface area contributed by atoms with E-state index in [9.17, 15) is 9.59 Å². The Labute approximate surface area is 224 Å². The molecule has 2 aromatic rings. The van der Waals surface area contributed by atoms with E-state index >= 15 is 0 Å². The summed E-state index contributed by atoms with van der Waals surface area (Å²) in [6, 6.07) is 5.23. The van der Waals surface area contributed by atoms with Crippen molar-refractivity contribution in [2.24, 2.45) is 11.7 Å². The number of nitrogens with one attached hydrogen (secondary N) is 1. The molecule has 9 heteroatoms. The number of nitrogens with two attached hydrogens (primary N) is 1. The summed E-state index contributed by atoms with van der Waals surface area (Å²) in [4.78, 5) is 29.2. The number of fused-ring (bicyclic) bond motifs is 2. The lowest BCUT2D eigenvalue weighted by molar-refractivity contribution is -0.126.